The quantitative estimate of drug-likeness (QED) is 0.206. The molecule has 210 valence electrons. The highest BCUT2D eigenvalue weighted by Crippen LogP contribution is 2.37. The second-order valence-corrected chi connectivity index (χ2v) is 11.3. The van der Waals surface area contributed by atoms with Gasteiger partial charge in [-0.05, 0) is 53.2 Å². The highest BCUT2D eigenvalue weighted by molar-refractivity contribution is 7.80. The number of thiocarbonyl (C=S) groups is 1. The van der Waals surface area contributed by atoms with Crippen LogP contribution in [0.1, 0.15) is 29.2 Å². The van der Waals surface area contributed by atoms with E-state index in [1.165, 1.54) is 0 Å². The van der Waals surface area contributed by atoms with E-state index >= 15 is 0 Å². The van der Waals surface area contributed by atoms with E-state index in [0.717, 1.165) is 33.3 Å². The van der Waals surface area contributed by atoms with E-state index in [1.807, 2.05) is 79.8 Å². The number of rotatable bonds is 6. The number of hydrogen-bond acceptors (Lipinski definition) is 4. The van der Waals surface area contributed by atoms with Gasteiger partial charge < -0.3 is 15.2 Å². The lowest BCUT2D eigenvalue weighted by molar-refractivity contribution is 0.364. The minimum atomic E-state index is -0.214. The van der Waals surface area contributed by atoms with Gasteiger partial charge in [-0.15, -0.1) is 0 Å². The lowest BCUT2D eigenvalue weighted by Crippen LogP contribution is -2.36. The van der Waals surface area contributed by atoms with Crippen LogP contribution in [0.4, 0.5) is 5.69 Å². The Bertz CT molecular complexity index is 1840. The summed E-state index contributed by atoms with van der Waals surface area (Å²) in [4.78, 5) is 18.9. The maximum absolute atomic E-state index is 13.8. The molecule has 2 N–H and O–H groups in total. The zero-order valence-electron chi connectivity index (χ0n) is 23.3. The number of aromatic amines is 1. The second kappa shape index (κ2) is 11.8. The Morgan fingerprint density at radius 3 is 2.36 bits per heavy atom. The van der Waals surface area contributed by atoms with Crippen molar-refractivity contribution in [3.05, 3.63) is 135 Å². The molecule has 1 atom stereocenters. The van der Waals surface area contributed by atoms with Gasteiger partial charge in [0.2, 0.25) is 0 Å². The average molecular weight is 592 g/mol. The summed E-state index contributed by atoms with van der Waals surface area (Å²) < 4.78 is 0. The summed E-state index contributed by atoms with van der Waals surface area (Å²) in [6, 6.07) is 33.9. The number of nitrogens with zero attached hydrogens (tertiary/aromatic N) is 3. The van der Waals surface area contributed by atoms with Crippen molar-refractivity contribution in [3.8, 4) is 11.1 Å². The summed E-state index contributed by atoms with van der Waals surface area (Å²) in [6.45, 7) is 0.569. The molecule has 0 amide bonds. The van der Waals surface area contributed by atoms with E-state index in [4.69, 9.17) is 28.9 Å². The van der Waals surface area contributed by atoms with Gasteiger partial charge in [-0.3, -0.25) is 4.79 Å². The first-order valence-corrected chi connectivity index (χ1v) is 14.5. The van der Waals surface area contributed by atoms with Crippen molar-refractivity contribution in [2.75, 3.05) is 19.0 Å². The van der Waals surface area contributed by atoms with Crippen LogP contribution in [0.3, 0.4) is 0 Å². The van der Waals surface area contributed by atoms with Gasteiger partial charge in [0.15, 0.2) is 5.11 Å². The number of halogens is 1. The van der Waals surface area contributed by atoms with Crippen molar-refractivity contribution in [3.63, 3.8) is 0 Å². The summed E-state index contributed by atoms with van der Waals surface area (Å²) in [5.74, 6) is 0. The molecule has 1 aromatic heterocycles. The fourth-order valence-electron chi connectivity index (χ4n) is 5.41. The molecule has 6 rings (SSSR count). The fourth-order valence-corrected chi connectivity index (χ4v) is 5.82. The van der Waals surface area contributed by atoms with Crippen molar-refractivity contribution in [1.82, 2.24) is 15.3 Å². The van der Waals surface area contributed by atoms with Gasteiger partial charge in [0.05, 0.1) is 22.8 Å². The van der Waals surface area contributed by atoms with Gasteiger partial charge in [-0.25, -0.2) is 5.01 Å². The number of hydrogen-bond donors (Lipinski definition) is 2. The molecular formula is C34H30ClN5OS. The van der Waals surface area contributed by atoms with Crippen LogP contribution < -0.4 is 15.8 Å². The van der Waals surface area contributed by atoms with Crippen LogP contribution in [0.25, 0.3) is 22.0 Å². The number of hydrazone groups is 1. The third-order valence-corrected chi connectivity index (χ3v) is 8.09. The predicted octanol–water partition coefficient (Wildman–Crippen LogP) is 7.14. The number of anilines is 1. The molecule has 0 unspecified atom stereocenters. The summed E-state index contributed by atoms with van der Waals surface area (Å²) >= 11 is 12.2. The third-order valence-electron chi connectivity index (χ3n) is 7.53. The van der Waals surface area contributed by atoms with Crippen molar-refractivity contribution < 1.29 is 0 Å². The Kier molecular flexibility index (Phi) is 7.78. The molecular weight excluding hydrogens is 562 g/mol. The van der Waals surface area contributed by atoms with Crippen molar-refractivity contribution in [2.24, 2.45) is 5.10 Å². The predicted molar refractivity (Wildman–Crippen MR) is 177 cm³/mol. The standard InChI is InChI=1S/C34H30ClN5OS/c1-39(2)26-16-13-23(14-17-26)30-20-29(38-40(30)34(42)36-21-22-9-5-3-6-10-22)32-31(24-11-7-4-8-12-24)27-18-15-25(35)19-28(27)37-33(32)41/h3-19,30H,20-21H2,1-2H3,(H,36,42)(H,37,41)/t30-/m0/s1. The van der Waals surface area contributed by atoms with Gasteiger partial charge in [0, 0.05) is 48.7 Å². The first-order chi connectivity index (χ1) is 20.4. The third kappa shape index (κ3) is 5.53. The van der Waals surface area contributed by atoms with Gasteiger partial charge in [0.25, 0.3) is 5.56 Å². The second-order valence-electron chi connectivity index (χ2n) is 10.5. The highest BCUT2D eigenvalue weighted by atomic mass is 35.5. The van der Waals surface area contributed by atoms with Gasteiger partial charge in [-0.1, -0.05) is 90.5 Å². The summed E-state index contributed by atoms with van der Waals surface area (Å²) in [5.41, 5.74) is 6.73. The number of benzene rings is 4. The maximum Gasteiger partial charge on any atom is 0.258 e. The minimum absolute atomic E-state index is 0.184. The Morgan fingerprint density at radius 2 is 1.67 bits per heavy atom. The van der Waals surface area contributed by atoms with Crippen molar-refractivity contribution >= 4 is 51.2 Å². The van der Waals surface area contributed by atoms with E-state index < -0.39 is 0 Å². The normalized spacial score (nSPS) is 14.6. The summed E-state index contributed by atoms with van der Waals surface area (Å²) in [6.07, 6.45) is 0.510. The van der Waals surface area contributed by atoms with Crippen LogP contribution in [-0.2, 0) is 6.54 Å². The molecule has 2 heterocycles. The molecule has 0 aliphatic carbocycles. The van der Waals surface area contributed by atoms with E-state index in [2.05, 4.69) is 51.6 Å². The maximum atomic E-state index is 13.8. The molecule has 1 aliphatic heterocycles. The van der Waals surface area contributed by atoms with Crippen LogP contribution in [-0.4, -0.2) is 34.9 Å². The van der Waals surface area contributed by atoms with Gasteiger partial charge in [-0.2, -0.15) is 5.10 Å². The number of fused-ring (bicyclic) bond motifs is 1. The topological polar surface area (TPSA) is 63.7 Å². The average Bonchev–Trinajstić information content (AvgIpc) is 3.45. The Hall–Kier alpha value is -4.46. The summed E-state index contributed by atoms with van der Waals surface area (Å²) in [5, 5.41) is 12.2. The molecule has 42 heavy (non-hydrogen) atoms. The smallest absolute Gasteiger partial charge is 0.258 e. The lowest BCUT2D eigenvalue weighted by Gasteiger charge is -2.25. The van der Waals surface area contributed by atoms with Crippen molar-refractivity contribution in [1.29, 1.82) is 0 Å². The molecule has 5 aromatic rings. The number of pyridine rings is 1. The molecule has 1 aliphatic rings. The van der Waals surface area contributed by atoms with Crippen LogP contribution in [0.2, 0.25) is 5.02 Å². The van der Waals surface area contributed by atoms with Crippen molar-refractivity contribution in [2.45, 2.75) is 19.0 Å². The fraction of sp³-hybridized carbons (Fsp3) is 0.147. The number of aromatic nitrogens is 1. The molecule has 6 nitrogen and oxygen atoms in total. The Morgan fingerprint density at radius 1 is 0.976 bits per heavy atom. The molecule has 8 heteroatoms. The molecule has 0 spiro atoms. The molecule has 4 aromatic carbocycles. The highest BCUT2D eigenvalue weighted by Gasteiger charge is 2.34. The van der Waals surface area contributed by atoms with E-state index in [-0.39, 0.29) is 11.6 Å². The first kappa shape index (κ1) is 27.7. The largest absolute Gasteiger partial charge is 0.378 e. The Labute approximate surface area is 255 Å². The van der Waals surface area contributed by atoms with Gasteiger partial charge >= 0.3 is 0 Å². The monoisotopic (exact) mass is 591 g/mol. The van der Waals surface area contributed by atoms with Crippen LogP contribution in [0.5, 0.6) is 0 Å². The van der Waals surface area contributed by atoms with Crippen LogP contribution >= 0.6 is 23.8 Å². The number of H-pyrrole nitrogens is 1. The Balaban J connectivity index is 1.46. The molecule has 0 fully saturated rings. The van der Waals surface area contributed by atoms with Gasteiger partial charge in [0.1, 0.15) is 0 Å². The summed E-state index contributed by atoms with van der Waals surface area (Å²) in [7, 11) is 4.04. The van der Waals surface area contributed by atoms with E-state index in [9.17, 15) is 4.79 Å². The molecule has 0 saturated heterocycles. The van der Waals surface area contributed by atoms with Crippen LogP contribution in [0.15, 0.2) is 113 Å². The van der Waals surface area contributed by atoms with E-state index in [1.54, 1.807) is 6.07 Å². The van der Waals surface area contributed by atoms with Crippen LogP contribution in [0, 0.1) is 0 Å². The molecule has 0 saturated carbocycles. The number of nitrogens with one attached hydrogen (secondary N) is 2. The molecule has 0 bridgehead atoms. The minimum Gasteiger partial charge on any atom is -0.378 e. The lowest BCUT2D eigenvalue weighted by atomic mass is 9.91. The SMILES string of the molecule is CN(C)c1ccc([C@@H]2CC(c3c(-c4ccccc4)c4ccc(Cl)cc4[nH]c3=O)=NN2C(=S)NCc2ccccc2)cc1. The van der Waals surface area contributed by atoms with E-state index in [0.29, 0.717) is 39.9 Å². The zero-order chi connectivity index (χ0) is 29.2. The first-order valence-electron chi connectivity index (χ1n) is 13.8. The molecule has 0 radical (unpaired) electrons. The zero-order valence-corrected chi connectivity index (χ0v) is 24.9.